The van der Waals surface area contributed by atoms with Crippen LogP contribution in [0.2, 0.25) is 10.0 Å². The van der Waals surface area contributed by atoms with Crippen LogP contribution in [-0.4, -0.2) is 27.7 Å². The molecule has 1 heterocycles. The summed E-state index contributed by atoms with van der Waals surface area (Å²) in [5.41, 5.74) is 5.04. The minimum Gasteiger partial charge on any atom is -0.443 e. The average molecular weight is 397 g/mol. The zero-order chi connectivity index (χ0) is 19.5. The minimum absolute atomic E-state index is 0.443. The van der Waals surface area contributed by atoms with Crippen molar-refractivity contribution >= 4 is 35.5 Å². The summed E-state index contributed by atoms with van der Waals surface area (Å²) in [4.78, 5) is 11.6. The quantitative estimate of drug-likeness (QED) is 0.600. The van der Waals surface area contributed by atoms with Gasteiger partial charge in [-0.2, -0.15) is 10.2 Å². The number of rotatable bonds is 4. The van der Waals surface area contributed by atoms with E-state index in [4.69, 9.17) is 27.9 Å². The van der Waals surface area contributed by atoms with Crippen LogP contribution in [0, 0.1) is 13.8 Å². The monoisotopic (exact) mass is 396 g/mol. The number of carbonyl (C=O) groups excluding carboxylic acids is 1. The highest BCUT2D eigenvalue weighted by molar-refractivity contribution is 6.35. The number of nitrogens with one attached hydrogen (secondary N) is 1. The van der Waals surface area contributed by atoms with Crippen molar-refractivity contribution in [2.75, 3.05) is 0 Å². The number of hydrogen-bond donors (Lipinski definition) is 1. The Kier molecular flexibility index (Phi) is 6.31. The van der Waals surface area contributed by atoms with Gasteiger partial charge in [-0.25, -0.2) is 10.2 Å². The fraction of sp³-hybridized carbons (Fsp3) is 0.389. The van der Waals surface area contributed by atoms with Gasteiger partial charge in [-0.1, -0.05) is 29.3 Å². The standard InChI is InChI=1S/C18H22Cl2N4O2/c1-11-13(9-21-22-17(25)26-18(3,4)5)12(2)24(23-11)10-14-15(19)7-6-8-16(14)20/h6-9H,10H2,1-5H3,(H,22,25)/b21-9-. The first-order chi connectivity index (χ1) is 12.1. The first-order valence-electron chi connectivity index (χ1n) is 8.07. The van der Waals surface area contributed by atoms with Gasteiger partial charge in [0.05, 0.1) is 18.5 Å². The van der Waals surface area contributed by atoms with E-state index in [9.17, 15) is 4.79 Å². The molecule has 140 valence electrons. The van der Waals surface area contributed by atoms with E-state index in [-0.39, 0.29) is 0 Å². The lowest BCUT2D eigenvalue weighted by Gasteiger charge is -2.18. The molecule has 0 bridgehead atoms. The Hall–Kier alpha value is -2.05. The second-order valence-electron chi connectivity index (χ2n) is 6.81. The Morgan fingerprint density at radius 2 is 1.92 bits per heavy atom. The molecule has 0 fully saturated rings. The molecule has 1 N–H and O–H groups in total. The van der Waals surface area contributed by atoms with Crippen molar-refractivity contribution in [2.24, 2.45) is 5.10 Å². The van der Waals surface area contributed by atoms with Crippen LogP contribution in [-0.2, 0) is 11.3 Å². The number of aromatic nitrogens is 2. The number of nitrogens with zero attached hydrogens (tertiary/aromatic N) is 3. The number of carbonyl (C=O) groups is 1. The van der Waals surface area contributed by atoms with Gasteiger partial charge in [0.2, 0.25) is 0 Å². The number of aryl methyl sites for hydroxylation is 1. The fourth-order valence-electron chi connectivity index (χ4n) is 2.34. The molecule has 0 saturated heterocycles. The normalized spacial score (nSPS) is 11.8. The summed E-state index contributed by atoms with van der Waals surface area (Å²) in [6.45, 7) is 9.59. The Balaban J connectivity index is 2.15. The first-order valence-corrected chi connectivity index (χ1v) is 8.83. The van der Waals surface area contributed by atoms with E-state index >= 15 is 0 Å². The van der Waals surface area contributed by atoms with Crippen molar-refractivity contribution in [3.05, 3.63) is 50.8 Å². The third kappa shape index (κ3) is 5.22. The number of hydrazone groups is 1. The molecule has 0 spiro atoms. The second-order valence-corrected chi connectivity index (χ2v) is 7.63. The molecular formula is C18H22Cl2N4O2. The van der Waals surface area contributed by atoms with Gasteiger partial charge >= 0.3 is 6.09 Å². The fourth-order valence-corrected chi connectivity index (χ4v) is 2.85. The molecule has 6 nitrogen and oxygen atoms in total. The smallest absolute Gasteiger partial charge is 0.428 e. The molecule has 0 aliphatic heterocycles. The van der Waals surface area contributed by atoms with Crippen LogP contribution in [0.15, 0.2) is 23.3 Å². The van der Waals surface area contributed by atoms with E-state index in [2.05, 4.69) is 15.6 Å². The van der Waals surface area contributed by atoms with Crippen LogP contribution in [0.25, 0.3) is 0 Å². The molecule has 1 aromatic heterocycles. The Morgan fingerprint density at radius 3 is 2.50 bits per heavy atom. The van der Waals surface area contributed by atoms with Crippen molar-refractivity contribution in [3.8, 4) is 0 Å². The molecule has 0 aliphatic rings. The van der Waals surface area contributed by atoms with Gasteiger partial charge in [-0.3, -0.25) is 4.68 Å². The molecule has 0 radical (unpaired) electrons. The van der Waals surface area contributed by atoms with E-state index in [1.54, 1.807) is 49.9 Å². The van der Waals surface area contributed by atoms with E-state index in [0.29, 0.717) is 16.6 Å². The zero-order valence-electron chi connectivity index (χ0n) is 15.4. The van der Waals surface area contributed by atoms with E-state index in [1.807, 2.05) is 13.8 Å². The molecular weight excluding hydrogens is 375 g/mol. The van der Waals surface area contributed by atoms with Gasteiger partial charge in [0, 0.05) is 26.9 Å². The third-order valence-corrected chi connectivity index (χ3v) is 4.26. The maximum Gasteiger partial charge on any atom is 0.428 e. The number of halogens is 2. The van der Waals surface area contributed by atoms with Crippen molar-refractivity contribution in [3.63, 3.8) is 0 Å². The molecule has 1 aromatic carbocycles. The third-order valence-electron chi connectivity index (χ3n) is 3.56. The topological polar surface area (TPSA) is 68.5 Å². The largest absolute Gasteiger partial charge is 0.443 e. The molecule has 2 aromatic rings. The lowest BCUT2D eigenvalue weighted by atomic mass is 10.2. The summed E-state index contributed by atoms with van der Waals surface area (Å²) < 4.78 is 6.94. The molecule has 26 heavy (non-hydrogen) atoms. The van der Waals surface area contributed by atoms with Crippen molar-refractivity contribution in [1.82, 2.24) is 15.2 Å². The van der Waals surface area contributed by atoms with Gasteiger partial charge in [0.15, 0.2) is 0 Å². The SMILES string of the molecule is Cc1nn(Cc2c(Cl)cccc2Cl)c(C)c1/C=N\NC(=O)OC(C)(C)C. The predicted octanol–water partition coefficient (Wildman–Crippen LogP) is 4.71. The summed E-state index contributed by atoms with van der Waals surface area (Å²) in [7, 11) is 0. The highest BCUT2D eigenvalue weighted by atomic mass is 35.5. The summed E-state index contributed by atoms with van der Waals surface area (Å²) in [5, 5.41) is 9.64. The van der Waals surface area contributed by atoms with Gasteiger partial charge in [0.25, 0.3) is 0 Å². The van der Waals surface area contributed by atoms with Crippen LogP contribution in [0.4, 0.5) is 4.79 Å². The van der Waals surface area contributed by atoms with Gasteiger partial charge in [-0.15, -0.1) is 0 Å². The summed E-state index contributed by atoms with van der Waals surface area (Å²) in [6, 6.07) is 5.39. The number of hydrogen-bond acceptors (Lipinski definition) is 4. The Morgan fingerprint density at radius 1 is 1.31 bits per heavy atom. The number of benzene rings is 1. The van der Waals surface area contributed by atoms with E-state index < -0.39 is 11.7 Å². The highest BCUT2D eigenvalue weighted by Gasteiger charge is 2.16. The molecule has 0 saturated carbocycles. The lowest BCUT2D eigenvalue weighted by Crippen LogP contribution is -2.29. The minimum atomic E-state index is -0.612. The average Bonchev–Trinajstić information content (AvgIpc) is 2.76. The first kappa shape index (κ1) is 20.3. The zero-order valence-corrected chi connectivity index (χ0v) is 16.9. The van der Waals surface area contributed by atoms with Gasteiger partial charge < -0.3 is 4.74 Å². The number of ether oxygens (including phenoxy) is 1. The Labute approximate surface area is 163 Å². The maximum atomic E-state index is 11.6. The van der Waals surface area contributed by atoms with Crippen molar-refractivity contribution < 1.29 is 9.53 Å². The van der Waals surface area contributed by atoms with Crippen LogP contribution < -0.4 is 5.43 Å². The maximum absolute atomic E-state index is 11.6. The summed E-state index contributed by atoms with van der Waals surface area (Å²) >= 11 is 12.5. The van der Waals surface area contributed by atoms with Gasteiger partial charge in [-0.05, 0) is 46.8 Å². The van der Waals surface area contributed by atoms with Crippen molar-refractivity contribution in [1.29, 1.82) is 0 Å². The lowest BCUT2D eigenvalue weighted by molar-refractivity contribution is 0.0529. The molecule has 0 unspecified atom stereocenters. The van der Waals surface area contributed by atoms with Crippen molar-refractivity contribution in [2.45, 2.75) is 46.8 Å². The van der Waals surface area contributed by atoms with E-state index in [0.717, 1.165) is 22.5 Å². The predicted molar refractivity (Wildman–Crippen MR) is 104 cm³/mol. The van der Waals surface area contributed by atoms with Crippen LogP contribution in [0.1, 0.15) is 43.3 Å². The molecule has 0 atom stereocenters. The number of amides is 1. The Bertz CT molecular complexity index is 818. The molecule has 8 heteroatoms. The van der Waals surface area contributed by atoms with Crippen LogP contribution in [0.5, 0.6) is 0 Å². The molecule has 1 amide bonds. The van der Waals surface area contributed by atoms with Crippen LogP contribution in [0.3, 0.4) is 0 Å². The second kappa shape index (κ2) is 8.10. The van der Waals surface area contributed by atoms with Gasteiger partial charge in [0.1, 0.15) is 5.60 Å². The molecule has 2 rings (SSSR count). The summed E-state index contributed by atoms with van der Waals surface area (Å²) in [5.74, 6) is 0. The van der Waals surface area contributed by atoms with Crippen LogP contribution >= 0.6 is 23.2 Å². The molecule has 0 aliphatic carbocycles. The summed E-state index contributed by atoms with van der Waals surface area (Å²) in [6.07, 6.45) is 0.936. The van der Waals surface area contributed by atoms with E-state index in [1.165, 1.54) is 0 Å². The highest BCUT2D eigenvalue weighted by Crippen LogP contribution is 2.26.